The number of allylic oxidation sites excluding steroid dienone is 2. The van der Waals surface area contributed by atoms with Gasteiger partial charge in [-0.3, -0.25) is 4.39 Å². The van der Waals surface area contributed by atoms with Gasteiger partial charge in [0.25, 0.3) is 0 Å². The smallest absolute Gasteiger partial charge is 0.327 e. The van der Waals surface area contributed by atoms with Crippen LogP contribution < -0.4 is 0 Å². The van der Waals surface area contributed by atoms with E-state index in [1.165, 1.54) is 0 Å². The van der Waals surface area contributed by atoms with Crippen molar-refractivity contribution >= 4 is 5.97 Å². The first-order valence-electron chi connectivity index (χ1n) is 3.05. The molecule has 0 heterocycles. The second-order valence-electron chi connectivity index (χ2n) is 1.59. The number of aliphatic carboxylic acids is 1. The fourth-order valence-electron chi connectivity index (χ4n) is 0. The molecular weight excluding hydrogens is 159 g/mol. The molecule has 1 N–H and O–H groups in total. The van der Waals surface area contributed by atoms with Gasteiger partial charge >= 0.3 is 5.97 Å². The molecule has 0 amide bonds. The molecule has 0 aromatic carbocycles. The molecule has 2 nitrogen and oxygen atoms in total. The second-order valence-corrected chi connectivity index (χ2v) is 1.59. The van der Waals surface area contributed by atoms with Crippen LogP contribution in [0.25, 0.3) is 0 Å². The fraction of sp³-hybridized carbons (Fsp3) is 0.222. The van der Waals surface area contributed by atoms with Crippen LogP contribution in [-0.4, -0.2) is 18.3 Å². The van der Waals surface area contributed by atoms with E-state index in [1.54, 1.807) is 6.08 Å². The van der Waals surface area contributed by atoms with Crippen LogP contribution >= 0.6 is 0 Å². The van der Waals surface area contributed by atoms with E-state index in [-0.39, 0.29) is 0 Å². The monoisotopic (exact) mass is 174 g/mol. The number of hydrogen-bond donors (Lipinski definition) is 1. The van der Waals surface area contributed by atoms with Crippen molar-refractivity contribution in [3.8, 4) is 0 Å². The van der Waals surface area contributed by atoms with Gasteiger partial charge in [-0.05, 0) is 6.92 Å². The summed E-state index contributed by atoms with van der Waals surface area (Å²) in [4.78, 5) is 9.25. The Kier molecular flexibility index (Phi) is 23.0. The van der Waals surface area contributed by atoms with Gasteiger partial charge in [0.2, 0.25) is 0 Å². The molecule has 0 bridgehead atoms. The Balaban J connectivity index is -0.000000112. The van der Waals surface area contributed by atoms with Crippen LogP contribution in [0.4, 0.5) is 4.39 Å². The second kappa shape index (κ2) is 16.3. The Labute approximate surface area is 72.7 Å². The first-order chi connectivity index (χ1) is 5.54. The summed E-state index contributed by atoms with van der Waals surface area (Å²) in [5.41, 5.74) is 1.02. The largest absolute Gasteiger partial charge is 0.478 e. The fourth-order valence-corrected chi connectivity index (χ4v) is 0. The molecule has 0 saturated heterocycles. The molecule has 0 saturated carbocycles. The summed E-state index contributed by atoms with van der Waals surface area (Å²) in [5, 5.41) is 7.60. The van der Waals surface area contributed by atoms with E-state index in [4.69, 9.17) is 5.11 Å². The topological polar surface area (TPSA) is 37.3 Å². The third kappa shape index (κ3) is 72.9. The molecule has 3 heteroatoms. The zero-order valence-electron chi connectivity index (χ0n) is 7.51. The lowest BCUT2D eigenvalue weighted by Crippen LogP contribution is -1.82. The molecule has 0 fully saturated rings. The number of carbonyl (C=O) groups is 1. The van der Waals surface area contributed by atoms with Crippen LogP contribution in [0.5, 0.6) is 0 Å². The predicted molar refractivity (Wildman–Crippen MR) is 49.9 cm³/mol. The van der Waals surface area contributed by atoms with Crippen LogP contribution in [0.2, 0.25) is 0 Å². The lowest BCUT2D eigenvalue weighted by molar-refractivity contribution is -0.131. The number of carboxylic acids is 1. The first-order valence-corrected chi connectivity index (χ1v) is 3.05. The van der Waals surface area contributed by atoms with E-state index >= 15 is 0 Å². The maximum atomic E-state index is 9.50. The van der Waals surface area contributed by atoms with Gasteiger partial charge in [-0.2, -0.15) is 0 Å². The molecule has 0 rings (SSSR count). The quantitative estimate of drug-likeness (QED) is 0.516. The van der Waals surface area contributed by atoms with E-state index in [9.17, 15) is 9.18 Å². The minimum absolute atomic E-state index is 0.500. The summed E-state index contributed by atoms with van der Waals surface area (Å²) >= 11 is 0. The van der Waals surface area contributed by atoms with Gasteiger partial charge in [0, 0.05) is 6.08 Å². The van der Waals surface area contributed by atoms with Crippen molar-refractivity contribution in [1.82, 2.24) is 0 Å². The molecule has 0 unspecified atom stereocenters. The normalized spacial score (nSPS) is 5.92. The summed E-state index contributed by atoms with van der Waals surface area (Å²) in [6, 6.07) is 0. The molecule has 0 aromatic heterocycles. The molecule has 0 aromatic rings. The van der Waals surface area contributed by atoms with Crippen molar-refractivity contribution < 1.29 is 14.3 Å². The van der Waals surface area contributed by atoms with Gasteiger partial charge in [0.1, 0.15) is 0 Å². The van der Waals surface area contributed by atoms with Gasteiger partial charge in [-0.25, -0.2) is 4.79 Å². The van der Waals surface area contributed by atoms with Gasteiger partial charge in [0.15, 0.2) is 0 Å². The zero-order valence-corrected chi connectivity index (χ0v) is 7.51. The Morgan fingerprint density at radius 1 is 1.33 bits per heavy atom. The summed E-state index contributed by atoms with van der Waals surface area (Å²) in [5.74, 6) is -0.981. The number of alkyl halides is 1. The molecule has 0 aliphatic carbocycles. The van der Waals surface area contributed by atoms with E-state index < -0.39 is 5.97 Å². The Morgan fingerprint density at radius 2 is 1.50 bits per heavy atom. The average Bonchev–Trinajstić information content (AvgIpc) is 2.09. The number of halogens is 1. The summed E-state index contributed by atoms with van der Waals surface area (Å²) in [7, 11) is 0.500. The van der Waals surface area contributed by atoms with E-state index in [0.29, 0.717) is 7.18 Å². The lowest BCUT2D eigenvalue weighted by Gasteiger charge is -1.71. The minimum Gasteiger partial charge on any atom is -0.478 e. The van der Waals surface area contributed by atoms with Gasteiger partial charge in [0.05, 0.1) is 7.18 Å². The predicted octanol–water partition coefficient (Wildman–Crippen LogP) is 2.59. The van der Waals surface area contributed by atoms with Crippen molar-refractivity contribution in [3.05, 3.63) is 37.5 Å². The van der Waals surface area contributed by atoms with Gasteiger partial charge in [-0.1, -0.05) is 31.4 Å². The highest BCUT2D eigenvalue weighted by atomic mass is 19.1. The van der Waals surface area contributed by atoms with E-state index in [1.807, 2.05) is 6.92 Å². The van der Waals surface area contributed by atoms with Crippen molar-refractivity contribution in [3.63, 3.8) is 0 Å². The number of rotatable bonds is 2. The highest BCUT2D eigenvalue weighted by molar-refractivity contribution is 5.78. The SMILES string of the molecule is C=CC(=C)C.C=CC(=O)O.CF. The molecule has 12 heavy (non-hydrogen) atoms. The van der Waals surface area contributed by atoms with Crippen molar-refractivity contribution in [1.29, 1.82) is 0 Å². The van der Waals surface area contributed by atoms with Crippen LogP contribution in [0.15, 0.2) is 37.5 Å². The van der Waals surface area contributed by atoms with Gasteiger partial charge in [-0.15, -0.1) is 0 Å². The van der Waals surface area contributed by atoms with Crippen molar-refractivity contribution in [2.24, 2.45) is 0 Å². The Morgan fingerprint density at radius 3 is 1.50 bits per heavy atom. The first kappa shape index (κ1) is 16.9. The molecule has 70 valence electrons. The minimum atomic E-state index is -0.981. The molecule has 0 aliphatic heterocycles. The van der Waals surface area contributed by atoms with E-state index in [0.717, 1.165) is 11.6 Å². The van der Waals surface area contributed by atoms with Gasteiger partial charge < -0.3 is 5.11 Å². The summed E-state index contributed by atoms with van der Waals surface area (Å²) in [6.07, 6.45) is 2.56. The maximum absolute atomic E-state index is 9.50. The third-order valence-corrected chi connectivity index (χ3v) is 0.523. The molecule has 0 aliphatic rings. The molecule has 0 spiro atoms. The summed E-state index contributed by atoms with van der Waals surface area (Å²) in [6.45, 7) is 11.9. The number of carboxylic acid groups (broad SMARTS) is 1. The van der Waals surface area contributed by atoms with Crippen LogP contribution in [0.3, 0.4) is 0 Å². The Hall–Kier alpha value is -1.38. The highest BCUT2D eigenvalue weighted by Crippen LogP contribution is 1.81. The highest BCUT2D eigenvalue weighted by Gasteiger charge is 1.73. The van der Waals surface area contributed by atoms with Crippen LogP contribution in [0, 0.1) is 0 Å². The third-order valence-electron chi connectivity index (χ3n) is 0.523. The van der Waals surface area contributed by atoms with Crippen molar-refractivity contribution in [2.75, 3.05) is 7.18 Å². The van der Waals surface area contributed by atoms with Crippen LogP contribution in [-0.2, 0) is 4.79 Å². The maximum Gasteiger partial charge on any atom is 0.327 e. The Bertz CT molecular complexity index is 133. The van der Waals surface area contributed by atoms with Crippen molar-refractivity contribution in [2.45, 2.75) is 6.92 Å². The average molecular weight is 174 g/mol. The standard InChI is InChI=1S/C5H8.C3H4O2.CH3F/c1-4-5(2)3;1-2-3(4)5;1-2/h4H,1-2H2,3H3;2H,1H2,(H,4,5);1H3. The molecule has 0 radical (unpaired) electrons. The van der Waals surface area contributed by atoms with E-state index in [2.05, 4.69) is 19.7 Å². The van der Waals surface area contributed by atoms with Crippen LogP contribution in [0.1, 0.15) is 6.92 Å². The number of hydrogen-bond acceptors (Lipinski definition) is 1. The zero-order chi connectivity index (χ0) is 10.6. The lowest BCUT2D eigenvalue weighted by atomic mass is 10.4. The molecule has 0 atom stereocenters. The molecular formula is C9H15FO2. The summed E-state index contributed by atoms with van der Waals surface area (Å²) < 4.78 is 9.50.